The number of ether oxygens (including phenoxy) is 1. The summed E-state index contributed by atoms with van der Waals surface area (Å²) in [6.07, 6.45) is 0. The number of hydrogen-bond donors (Lipinski definition) is 1. The Morgan fingerprint density at radius 1 is 1.14 bits per heavy atom. The molecule has 7 nitrogen and oxygen atoms in total. The maximum atomic E-state index is 13.4. The van der Waals surface area contributed by atoms with E-state index in [4.69, 9.17) is 21.4 Å². The topological polar surface area (TPSA) is 87.2 Å². The Hall–Kier alpha value is -2.20. The summed E-state index contributed by atoms with van der Waals surface area (Å²) >= 11 is 6.05. The molecule has 0 radical (unpaired) electrons. The Kier molecular flexibility index (Phi) is 6.74. The number of benzene rings is 2. The fourth-order valence-electron chi connectivity index (χ4n) is 3.10. The van der Waals surface area contributed by atoms with Gasteiger partial charge in [-0.2, -0.15) is 4.31 Å². The molecule has 0 unspecified atom stereocenters. The monoisotopic (exact) mass is 442 g/mol. The van der Waals surface area contributed by atoms with Gasteiger partial charge < -0.3 is 9.84 Å². The third-order valence-corrected chi connectivity index (χ3v) is 6.66. The van der Waals surface area contributed by atoms with Gasteiger partial charge in [0.1, 0.15) is 11.6 Å². The third kappa shape index (κ3) is 5.45. The SMILES string of the molecule is O=C(O)COc1ccc(Cl)cc1CN1CCN(S(=O)(=O)c2cccc(F)c2)CC1. The number of carbonyl (C=O) groups is 1. The second-order valence-corrected chi connectivity index (χ2v) is 8.95. The summed E-state index contributed by atoms with van der Waals surface area (Å²) in [5, 5.41) is 9.31. The zero-order valence-corrected chi connectivity index (χ0v) is 17.0. The van der Waals surface area contributed by atoms with Gasteiger partial charge in [-0.05, 0) is 36.4 Å². The first kappa shape index (κ1) is 21.5. The number of carboxylic acids is 1. The maximum absolute atomic E-state index is 13.4. The van der Waals surface area contributed by atoms with Crippen LogP contribution in [0.1, 0.15) is 5.56 Å². The van der Waals surface area contributed by atoms with Crippen LogP contribution in [0.15, 0.2) is 47.4 Å². The Morgan fingerprint density at radius 2 is 1.86 bits per heavy atom. The van der Waals surface area contributed by atoms with Gasteiger partial charge in [-0.1, -0.05) is 17.7 Å². The summed E-state index contributed by atoms with van der Waals surface area (Å²) < 4.78 is 45.4. The molecule has 1 heterocycles. The molecule has 1 aliphatic heterocycles. The molecule has 10 heteroatoms. The largest absolute Gasteiger partial charge is 0.482 e. The highest BCUT2D eigenvalue weighted by Gasteiger charge is 2.29. The third-order valence-electron chi connectivity index (χ3n) is 4.53. The summed E-state index contributed by atoms with van der Waals surface area (Å²) in [6, 6.07) is 9.90. The first-order valence-electron chi connectivity index (χ1n) is 8.87. The molecule has 2 aromatic rings. The number of nitrogens with zero attached hydrogens (tertiary/aromatic N) is 2. The van der Waals surface area contributed by atoms with Crippen molar-refractivity contribution in [2.24, 2.45) is 0 Å². The van der Waals surface area contributed by atoms with Gasteiger partial charge in [-0.15, -0.1) is 0 Å². The predicted molar refractivity (Wildman–Crippen MR) is 105 cm³/mol. The van der Waals surface area contributed by atoms with Crippen LogP contribution in [0.25, 0.3) is 0 Å². The highest BCUT2D eigenvalue weighted by Crippen LogP contribution is 2.26. The van der Waals surface area contributed by atoms with Gasteiger partial charge in [0, 0.05) is 43.3 Å². The Balaban J connectivity index is 1.66. The van der Waals surface area contributed by atoms with Crippen LogP contribution in [-0.2, 0) is 21.4 Å². The highest BCUT2D eigenvalue weighted by atomic mass is 35.5. The van der Waals surface area contributed by atoms with Crippen molar-refractivity contribution >= 4 is 27.6 Å². The minimum Gasteiger partial charge on any atom is -0.482 e. The van der Waals surface area contributed by atoms with Crippen LogP contribution in [0.5, 0.6) is 5.75 Å². The molecule has 0 saturated carbocycles. The van der Waals surface area contributed by atoms with Crippen LogP contribution in [-0.4, -0.2) is 61.5 Å². The van der Waals surface area contributed by atoms with Gasteiger partial charge in [0.25, 0.3) is 0 Å². The molecule has 3 rings (SSSR count). The normalized spacial score (nSPS) is 15.9. The van der Waals surface area contributed by atoms with E-state index in [1.807, 2.05) is 4.90 Å². The summed E-state index contributed by atoms with van der Waals surface area (Å²) in [6.45, 7) is 1.39. The summed E-state index contributed by atoms with van der Waals surface area (Å²) in [5.74, 6) is -1.26. The van der Waals surface area contributed by atoms with Crippen LogP contribution in [0.2, 0.25) is 5.02 Å². The number of rotatable bonds is 7. The van der Waals surface area contributed by atoms with E-state index in [9.17, 15) is 17.6 Å². The van der Waals surface area contributed by atoms with Crippen LogP contribution < -0.4 is 4.74 Å². The van der Waals surface area contributed by atoms with E-state index in [-0.39, 0.29) is 18.0 Å². The lowest BCUT2D eigenvalue weighted by atomic mass is 10.1. The van der Waals surface area contributed by atoms with Crippen molar-refractivity contribution < 1.29 is 27.4 Å². The molecular formula is C19H20ClFN2O5S. The number of halogens is 2. The van der Waals surface area contributed by atoms with E-state index in [0.29, 0.717) is 30.4 Å². The summed E-state index contributed by atoms with van der Waals surface area (Å²) in [7, 11) is -3.76. The van der Waals surface area contributed by atoms with Gasteiger partial charge in [0.15, 0.2) is 6.61 Å². The second kappa shape index (κ2) is 9.08. The average Bonchev–Trinajstić information content (AvgIpc) is 2.68. The Labute approximate surface area is 173 Å². The minimum absolute atomic E-state index is 0.0647. The molecule has 1 aliphatic rings. The van der Waals surface area contributed by atoms with Gasteiger partial charge in [-0.25, -0.2) is 17.6 Å². The molecule has 29 heavy (non-hydrogen) atoms. The number of carboxylic acid groups (broad SMARTS) is 1. The molecule has 0 aliphatic carbocycles. The minimum atomic E-state index is -3.76. The highest BCUT2D eigenvalue weighted by molar-refractivity contribution is 7.89. The van der Waals surface area contributed by atoms with Crippen LogP contribution in [0.3, 0.4) is 0 Å². The summed E-state index contributed by atoms with van der Waals surface area (Å²) in [4.78, 5) is 12.7. The average molecular weight is 443 g/mol. The van der Waals surface area contributed by atoms with Crippen LogP contribution in [0.4, 0.5) is 4.39 Å². The van der Waals surface area contributed by atoms with Crippen molar-refractivity contribution in [1.82, 2.24) is 9.21 Å². The molecular weight excluding hydrogens is 423 g/mol. The van der Waals surface area contributed by atoms with E-state index in [1.165, 1.54) is 22.5 Å². The molecule has 0 amide bonds. The predicted octanol–water partition coefficient (Wildman–Crippen LogP) is 2.45. The lowest BCUT2D eigenvalue weighted by Crippen LogP contribution is -2.48. The number of sulfonamides is 1. The van der Waals surface area contributed by atoms with E-state index < -0.39 is 28.4 Å². The first-order chi connectivity index (χ1) is 13.8. The van der Waals surface area contributed by atoms with E-state index in [2.05, 4.69) is 0 Å². The number of aliphatic carboxylic acids is 1. The van der Waals surface area contributed by atoms with Crippen molar-refractivity contribution in [2.45, 2.75) is 11.4 Å². The molecule has 0 spiro atoms. The molecule has 1 N–H and O–H groups in total. The van der Waals surface area contributed by atoms with Crippen molar-refractivity contribution in [3.63, 3.8) is 0 Å². The van der Waals surface area contributed by atoms with Crippen LogP contribution >= 0.6 is 11.6 Å². The van der Waals surface area contributed by atoms with E-state index in [1.54, 1.807) is 18.2 Å². The fourth-order valence-corrected chi connectivity index (χ4v) is 4.75. The van der Waals surface area contributed by atoms with Gasteiger partial charge in [0.05, 0.1) is 4.90 Å². The summed E-state index contributed by atoms with van der Waals surface area (Å²) in [5.41, 5.74) is 0.722. The second-order valence-electron chi connectivity index (χ2n) is 6.57. The van der Waals surface area contributed by atoms with Crippen molar-refractivity contribution in [2.75, 3.05) is 32.8 Å². The maximum Gasteiger partial charge on any atom is 0.341 e. The molecule has 0 bridgehead atoms. The number of hydrogen-bond acceptors (Lipinski definition) is 5. The lowest BCUT2D eigenvalue weighted by molar-refractivity contribution is -0.139. The lowest BCUT2D eigenvalue weighted by Gasteiger charge is -2.34. The van der Waals surface area contributed by atoms with Crippen molar-refractivity contribution in [3.05, 3.63) is 58.9 Å². The van der Waals surface area contributed by atoms with Crippen molar-refractivity contribution in [3.8, 4) is 5.75 Å². The van der Waals surface area contributed by atoms with Gasteiger partial charge >= 0.3 is 5.97 Å². The van der Waals surface area contributed by atoms with E-state index >= 15 is 0 Å². The van der Waals surface area contributed by atoms with Gasteiger partial charge in [0.2, 0.25) is 10.0 Å². The van der Waals surface area contributed by atoms with Crippen molar-refractivity contribution in [1.29, 1.82) is 0 Å². The van der Waals surface area contributed by atoms with Crippen LogP contribution in [0, 0.1) is 5.82 Å². The molecule has 0 aromatic heterocycles. The molecule has 2 aromatic carbocycles. The quantitative estimate of drug-likeness (QED) is 0.708. The van der Waals surface area contributed by atoms with Gasteiger partial charge in [-0.3, -0.25) is 4.90 Å². The standard InChI is InChI=1S/C19H20ClFN2O5S/c20-15-4-5-18(28-13-19(24)25)14(10-15)12-22-6-8-23(9-7-22)29(26,27)17-3-1-2-16(21)11-17/h1-5,10-11H,6-9,12-13H2,(H,24,25). The fraction of sp³-hybridized carbons (Fsp3) is 0.316. The molecule has 1 fully saturated rings. The zero-order chi connectivity index (χ0) is 21.0. The molecule has 1 saturated heterocycles. The van der Waals surface area contributed by atoms with E-state index in [0.717, 1.165) is 11.6 Å². The Morgan fingerprint density at radius 3 is 2.52 bits per heavy atom. The zero-order valence-electron chi connectivity index (χ0n) is 15.4. The smallest absolute Gasteiger partial charge is 0.341 e. The first-order valence-corrected chi connectivity index (χ1v) is 10.7. The number of piperazine rings is 1. The Bertz CT molecular complexity index is 994. The molecule has 156 valence electrons. The molecule has 0 atom stereocenters.